The third-order valence-corrected chi connectivity index (χ3v) is 9.10. The first-order valence-corrected chi connectivity index (χ1v) is 16.2. The molecule has 2 aliphatic heterocycles. The second-order valence-electron chi connectivity index (χ2n) is 12.5. The highest BCUT2D eigenvalue weighted by molar-refractivity contribution is 5.93. The zero-order chi connectivity index (χ0) is 29.3. The minimum Gasteiger partial charge on any atom is -0.493 e. The quantitative estimate of drug-likeness (QED) is 0.371. The maximum absolute atomic E-state index is 6.15. The maximum Gasteiger partial charge on any atom is 0.227 e. The molecule has 1 aromatic heterocycles. The lowest BCUT2D eigenvalue weighted by molar-refractivity contribution is 0.0881. The number of rotatable bonds is 12. The van der Waals surface area contributed by atoms with Gasteiger partial charge in [0.1, 0.15) is 12.4 Å². The van der Waals surface area contributed by atoms with Crippen molar-refractivity contribution in [2.45, 2.75) is 63.5 Å². The number of fused-ring (bicyclic) bond motifs is 1. The van der Waals surface area contributed by atoms with E-state index in [1.807, 2.05) is 26.2 Å². The average molecular weight is 584 g/mol. The number of hydrogen-bond donors (Lipinski definition) is 1. The van der Waals surface area contributed by atoms with Gasteiger partial charge in [0.05, 0.1) is 25.8 Å². The van der Waals surface area contributed by atoms with E-state index in [1.165, 1.54) is 32.1 Å². The molecule has 0 atom stereocenters. The number of anilines is 2. The van der Waals surface area contributed by atoms with Crippen LogP contribution in [0.2, 0.25) is 0 Å². The molecule has 0 bridgehead atoms. The lowest BCUT2D eigenvalue weighted by atomic mass is 9.92. The van der Waals surface area contributed by atoms with Gasteiger partial charge in [0.25, 0.3) is 0 Å². The van der Waals surface area contributed by atoms with Gasteiger partial charge in [-0.15, -0.1) is 0 Å². The average Bonchev–Trinajstić information content (AvgIpc) is 3.23. The molecule has 0 spiro atoms. The number of benzene rings is 1. The van der Waals surface area contributed by atoms with Crippen molar-refractivity contribution in [3.63, 3.8) is 0 Å². The summed E-state index contributed by atoms with van der Waals surface area (Å²) in [6.07, 6.45) is 10.3. The summed E-state index contributed by atoms with van der Waals surface area (Å²) in [6, 6.07) is 5.23. The van der Waals surface area contributed by atoms with Crippen LogP contribution in [-0.4, -0.2) is 131 Å². The molecule has 0 amide bonds. The van der Waals surface area contributed by atoms with E-state index in [-0.39, 0.29) is 0 Å². The molecule has 234 valence electrons. The van der Waals surface area contributed by atoms with E-state index in [0.717, 1.165) is 93.8 Å². The maximum atomic E-state index is 6.15. The van der Waals surface area contributed by atoms with E-state index in [0.29, 0.717) is 37.4 Å². The van der Waals surface area contributed by atoms with Crippen LogP contribution in [0.4, 0.5) is 11.8 Å². The highest BCUT2D eigenvalue weighted by Crippen LogP contribution is 2.36. The Labute approximate surface area is 252 Å². The van der Waals surface area contributed by atoms with Crippen LogP contribution >= 0.6 is 0 Å². The second kappa shape index (κ2) is 15.4. The number of methoxy groups -OCH3 is 1. The third kappa shape index (κ3) is 8.36. The molecule has 2 saturated heterocycles. The first-order chi connectivity index (χ1) is 20.5. The number of likely N-dealkylation sites (tertiary alicyclic amines) is 1. The number of ether oxygens (including phenoxy) is 3. The smallest absolute Gasteiger partial charge is 0.227 e. The van der Waals surface area contributed by atoms with Gasteiger partial charge in [0.2, 0.25) is 5.95 Å². The number of nitrogens with one attached hydrogen (secondary N) is 1. The standard InChI is InChI=1S/C32H53N7O3/c1-36(2)19-20-41-21-22-42-30-24-28-27(23-29(30)40-4)31(35-32(34-28)39-14-8-13-37(3)17-18-39)33-25-11-15-38(16-12-25)26-9-6-5-7-10-26/h23-26H,5-22H2,1-4H3,(H,33,34,35). The summed E-state index contributed by atoms with van der Waals surface area (Å²) in [5, 5.41) is 4.84. The molecule has 5 rings (SSSR count). The molecule has 2 aromatic rings. The van der Waals surface area contributed by atoms with Crippen LogP contribution in [0.1, 0.15) is 51.4 Å². The molecule has 10 nitrogen and oxygen atoms in total. The van der Waals surface area contributed by atoms with Crippen molar-refractivity contribution in [1.29, 1.82) is 0 Å². The Balaban J connectivity index is 1.34. The van der Waals surface area contributed by atoms with Gasteiger partial charge in [0, 0.05) is 62.8 Å². The number of piperidine rings is 1. The van der Waals surface area contributed by atoms with E-state index in [9.17, 15) is 0 Å². The highest BCUT2D eigenvalue weighted by atomic mass is 16.5. The van der Waals surface area contributed by atoms with Gasteiger partial charge in [-0.3, -0.25) is 0 Å². The molecule has 0 radical (unpaired) electrons. The van der Waals surface area contributed by atoms with Crippen molar-refractivity contribution in [3.8, 4) is 11.5 Å². The molecular weight excluding hydrogens is 530 g/mol. The Kier molecular flexibility index (Phi) is 11.4. The summed E-state index contributed by atoms with van der Waals surface area (Å²) in [4.78, 5) is 19.8. The summed E-state index contributed by atoms with van der Waals surface area (Å²) in [7, 11) is 7.98. The van der Waals surface area contributed by atoms with Crippen molar-refractivity contribution in [3.05, 3.63) is 12.1 Å². The van der Waals surface area contributed by atoms with Crippen LogP contribution in [0.25, 0.3) is 10.9 Å². The van der Waals surface area contributed by atoms with Gasteiger partial charge in [-0.1, -0.05) is 19.3 Å². The molecule has 3 aliphatic rings. The van der Waals surface area contributed by atoms with Crippen LogP contribution in [-0.2, 0) is 4.74 Å². The predicted molar refractivity (Wildman–Crippen MR) is 170 cm³/mol. The van der Waals surface area contributed by atoms with Gasteiger partial charge in [-0.05, 0) is 65.9 Å². The van der Waals surface area contributed by atoms with Crippen molar-refractivity contribution >= 4 is 22.7 Å². The fourth-order valence-corrected chi connectivity index (χ4v) is 6.50. The van der Waals surface area contributed by atoms with E-state index < -0.39 is 0 Å². The minimum absolute atomic E-state index is 0.396. The predicted octanol–water partition coefficient (Wildman–Crippen LogP) is 3.95. The fourth-order valence-electron chi connectivity index (χ4n) is 6.50. The molecule has 1 saturated carbocycles. The third-order valence-electron chi connectivity index (χ3n) is 9.10. The Bertz CT molecular complexity index is 1120. The van der Waals surface area contributed by atoms with Gasteiger partial charge in [-0.25, -0.2) is 4.98 Å². The lowest BCUT2D eigenvalue weighted by Crippen LogP contribution is -2.45. The van der Waals surface area contributed by atoms with Crippen LogP contribution in [0.15, 0.2) is 12.1 Å². The summed E-state index contributed by atoms with van der Waals surface area (Å²) >= 11 is 0. The SMILES string of the molecule is COc1cc2c(NC3CCN(C4CCCCC4)CC3)nc(N3CCCN(C)CC3)nc2cc1OCCOCCN(C)C. The van der Waals surface area contributed by atoms with Crippen molar-refractivity contribution < 1.29 is 14.2 Å². The number of hydrogen-bond acceptors (Lipinski definition) is 10. The monoisotopic (exact) mass is 583 g/mol. The van der Waals surface area contributed by atoms with Gasteiger partial charge in [-0.2, -0.15) is 4.98 Å². The van der Waals surface area contributed by atoms with Crippen molar-refractivity contribution in [2.75, 3.05) is 104 Å². The van der Waals surface area contributed by atoms with Gasteiger partial charge >= 0.3 is 0 Å². The summed E-state index contributed by atoms with van der Waals surface area (Å²) in [6.45, 7) is 8.86. The zero-order valence-electron chi connectivity index (χ0n) is 26.4. The minimum atomic E-state index is 0.396. The van der Waals surface area contributed by atoms with E-state index in [2.05, 4.69) is 32.0 Å². The fraction of sp³-hybridized carbons (Fsp3) is 0.750. The molecule has 1 aromatic carbocycles. The second-order valence-corrected chi connectivity index (χ2v) is 12.5. The van der Waals surface area contributed by atoms with E-state index in [1.54, 1.807) is 7.11 Å². The molecule has 42 heavy (non-hydrogen) atoms. The topological polar surface area (TPSA) is 78.5 Å². The van der Waals surface area contributed by atoms with Crippen LogP contribution in [0, 0.1) is 0 Å². The largest absolute Gasteiger partial charge is 0.493 e. The summed E-state index contributed by atoms with van der Waals surface area (Å²) < 4.78 is 17.7. The highest BCUT2D eigenvalue weighted by Gasteiger charge is 2.27. The number of aromatic nitrogens is 2. The number of nitrogens with zero attached hydrogens (tertiary/aromatic N) is 6. The van der Waals surface area contributed by atoms with Crippen molar-refractivity contribution in [1.82, 2.24) is 24.7 Å². The first kappa shape index (κ1) is 31.0. The molecule has 0 unspecified atom stereocenters. The normalized spacial score (nSPS) is 20.3. The molecule has 3 heterocycles. The summed E-state index contributed by atoms with van der Waals surface area (Å²) in [5.74, 6) is 3.08. The van der Waals surface area contributed by atoms with E-state index >= 15 is 0 Å². The molecule has 1 aliphatic carbocycles. The molecular formula is C32H53N7O3. The Morgan fingerprint density at radius 1 is 0.857 bits per heavy atom. The Morgan fingerprint density at radius 3 is 2.43 bits per heavy atom. The Morgan fingerprint density at radius 2 is 1.67 bits per heavy atom. The summed E-state index contributed by atoms with van der Waals surface area (Å²) in [5.41, 5.74) is 0.879. The molecule has 10 heteroatoms. The Hall–Kier alpha value is -2.40. The number of likely N-dealkylation sites (N-methyl/N-ethyl adjacent to an activating group) is 2. The van der Waals surface area contributed by atoms with Crippen LogP contribution in [0.5, 0.6) is 11.5 Å². The van der Waals surface area contributed by atoms with Crippen LogP contribution < -0.4 is 19.7 Å². The first-order valence-electron chi connectivity index (χ1n) is 16.2. The van der Waals surface area contributed by atoms with Gasteiger partial charge in [0.15, 0.2) is 11.5 Å². The zero-order valence-corrected chi connectivity index (χ0v) is 26.4. The molecule has 1 N–H and O–H groups in total. The van der Waals surface area contributed by atoms with E-state index in [4.69, 9.17) is 24.2 Å². The lowest BCUT2D eigenvalue weighted by Gasteiger charge is -2.39. The van der Waals surface area contributed by atoms with Gasteiger partial charge < -0.3 is 39.1 Å². The molecule has 3 fully saturated rings. The van der Waals surface area contributed by atoms with Crippen LogP contribution in [0.3, 0.4) is 0 Å². The van der Waals surface area contributed by atoms with Crippen molar-refractivity contribution in [2.24, 2.45) is 0 Å².